The predicted octanol–water partition coefficient (Wildman–Crippen LogP) is 6.25. The van der Waals surface area contributed by atoms with Gasteiger partial charge in [0.1, 0.15) is 0 Å². The maximum Gasteiger partial charge on any atom is 0.345 e. The number of aryl methyl sites for hydroxylation is 3. The highest BCUT2D eigenvalue weighted by molar-refractivity contribution is 7.10. The highest BCUT2D eigenvalue weighted by atomic mass is 32.1. The van der Waals surface area contributed by atoms with Crippen LogP contribution in [-0.2, 0) is 23.2 Å². The molecule has 1 aliphatic carbocycles. The van der Waals surface area contributed by atoms with Gasteiger partial charge in [-0.25, -0.2) is 9.80 Å². The number of hydrogen-bond acceptors (Lipinski definition) is 4. The predicted molar refractivity (Wildman–Crippen MR) is 152 cm³/mol. The number of hydrazine groups is 1. The topological polar surface area (TPSA) is 81.7 Å². The lowest BCUT2D eigenvalue weighted by molar-refractivity contribution is -0.136. The third kappa shape index (κ3) is 5.08. The summed E-state index contributed by atoms with van der Waals surface area (Å²) in [5.41, 5.74) is 5.94. The first-order valence-electron chi connectivity index (χ1n) is 12.8. The summed E-state index contributed by atoms with van der Waals surface area (Å²) >= 11 is 1.66. The average Bonchev–Trinajstić information content (AvgIpc) is 3.35. The van der Waals surface area contributed by atoms with E-state index in [1.54, 1.807) is 59.9 Å². The van der Waals surface area contributed by atoms with Gasteiger partial charge in [0.05, 0.1) is 11.4 Å². The summed E-state index contributed by atoms with van der Waals surface area (Å²) in [6.45, 7) is 3.89. The van der Waals surface area contributed by atoms with E-state index in [-0.39, 0.29) is 0 Å². The van der Waals surface area contributed by atoms with Gasteiger partial charge in [0.15, 0.2) is 5.60 Å². The van der Waals surface area contributed by atoms with Gasteiger partial charge in [-0.1, -0.05) is 77.9 Å². The molecule has 3 N–H and O–H groups in total. The quantitative estimate of drug-likeness (QED) is 0.270. The smallest absolute Gasteiger partial charge is 0.345 e. The molecule has 6 nitrogen and oxygen atoms in total. The molecule has 0 unspecified atom stereocenters. The number of benzene rings is 3. The number of amides is 3. The number of nitrogens with zero attached hydrogens (tertiary/aromatic N) is 1. The van der Waals surface area contributed by atoms with E-state index < -0.39 is 17.5 Å². The van der Waals surface area contributed by atoms with Crippen molar-refractivity contribution in [3.63, 3.8) is 0 Å². The van der Waals surface area contributed by atoms with E-state index in [4.69, 9.17) is 0 Å². The molecule has 0 atom stereocenters. The Balaban J connectivity index is 1.50. The Morgan fingerprint density at radius 2 is 1.42 bits per heavy atom. The Morgan fingerprint density at radius 3 is 2.03 bits per heavy atom. The van der Waals surface area contributed by atoms with Crippen LogP contribution in [0.5, 0.6) is 0 Å². The van der Waals surface area contributed by atoms with Gasteiger partial charge in [-0.05, 0) is 68.4 Å². The zero-order valence-corrected chi connectivity index (χ0v) is 22.3. The summed E-state index contributed by atoms with van der Waals surface area (Å²) in [4.78, 5) is 28.9. The Kier molecular flexibility index (Phi) is 7.31. The van der Waals surface area contributed by atoms with Crippen molar-refractivity contribution in [2.75, 3.05) is 10.3 Å². The fraction of sp³-hybridized carbons (Fsp3) is 0.226. The Labute approximate surface area is 226 Å². The van der Waals surface area contributed by atoms with Crippen LogP contribution in [0.4, 0.5) is 16.2 Å². The minimum absolute atomic E-state index is 0.407. The van der Waals surface area contributed by atoms with Crippen LogP contribution in [0.1, 0.15) is 45.5 Å². The van der Waals surface area contributed by atoms with Gasteiger partial charge in [-0.15, -0.1) is 11.3 Å². The zero-order chi connectivity index (χ0) is 26.7. The van der Waals surface area contributed by atoms with Crippen LogP contribution in [0.25, 0.3) is 0 Å². The summed E-state index contributed by atoms with van der Waals surface area (Å²) in [7, 11) is 0. The average molecular weight is 526 g/mol. The van der Waals surface area contributed by atoms with E-state index in [2.05, 4.69) is 10.7 Å². The molecule has 0 saturated heterocycles. The molecule has 1 aliphatic rings. The van der Waals surface area contributed by atoms with Crippen LogP contribution in [0.3, 0.4) is 0 Å². The van der Waals surface area contributed by atoms with Gasteiger partial charge in [-0.3, -0.25) is 10.2 Å². The van der Waals surface area contributed by atoms with Gasteiger partial charge in [0, 0.05) is 10.3 Å². The van der Waals surface area contributed by atoms with E-state index in [0.717, 1.165) is 42.5 Å². The zero-order valence-electron chi connectivity index (χ0n) is 21.5. The first kappa shape index (κ1) is 25.7. The van der Waals surface area contributed by atoms with Crippen molar-refractivity contribution in [3.05, 3.63) is 117 Å². The van der Waals surface area contributed by atoms with E-state index in [9.17, 15) is 14.7 Å². The van der Waals surface area contributed by atoms with Crippen molar-refractivity contribution in [1.82, 2.24) is 5.43 Å². The minimum Gasteiger partial charge on any atom is -0.372 e. The van der Waals surface area contributed by atoms with Crippen LogP contribution in [-0.4, -0.2) is 17.0 Å². The third-order valence-corrected chi connectivity index (χ3v) is 8.09. The van der Waals surface area contributed by atoms with Crippen molar-refractivity contribution >= 4 is 34.6 Å². The monoisotopic (exact) mass is 525 g/mol. The highest BCUT2D eigenvalue weighted by Crippen LogP contribution is 2.34. The summed E-state index contributed by atoms with van der Waals surface area (Å²) in [6, 6.07) is 22.7. The second kappa shape index (κ2) is 10.8. The Bertz CT molecular complexity index is 1380. The van der Waals surface area contributed by atoms with Crippen molar-refractivity contribution < 1.29 is 14.7 Å². The number of aliphatic hydroxyl groups is 1. The first-order valence-corrected chi connectivity index (χ1v) is 13.7. The Hall–Kier alpha value is -3.94. The summed E-state index contributed by atoms with van der Waals surface area (Å²) in [5, 5.41) is 18.2. The van der Waals surface area contributed by atoms with Crippen molar-refractivity contribution in [3.8, 4) is 0 Å². The van der Waals surface area contributed by atoms with E-state index in [0.29, 0.717) is 16.8 Å². The number of urea groups is 1. The molecule has 3 aromatic carbocycles. The van der Waals surface area contributed by atoms with Gasteiger partial charge >= 0.3 is 6.03 Å². The Morgan fingerprint density at radius 1 is 0.842 bits per heavy atom. The van der Waals surface area contributed by atoms with Gasteiger partial charge in [0.25, 0.3) is 5.91 Å². The lowest BCUT2D eigenvalue weighted by Gasteiger charge is -2.32. The summed E-state index contributed by atoms with van der Waals surface area (Å²) < 4.78 is 0. The number of nitrogens with one attached hydrogen (secondary N) is 2. The first-order chi connectivity index (χ1) is 18.4. The number of para-hydroxylation sites is 1. The van der Waals surface area contributed by atoms with Crippen molar-refractivity contribution in [2.24, 2.45) is 0 Å². The molecule has 38 heavy (non-hydrogen) atoms. The SMILES string of the molecule is Cc1ccc(C(O)(C(=O)NN(C(=O)Nc2csc3c2CCCC3)c2ccccc2)c2ccc(C)cc2)cc1. The second-order valence-corrected chi connectivity index (χ2v) is 10.7. The highest BCUT2D eigenvalue weighted by Gasteiger charge is 2.41. The largest absolute Gasteiger partial charge is 0.372 e. The molecule has 0 bridgehead atoms. The molecule has 7 heteroatoms. The van der Waals surface area contributed by atoms with Crippen LogP contribution in [0.2, 0.25) is 0 Å². The lowest BCUT2D eigenvalue weighted by atomic mass is 9.85. The molecule has 194 valence electrons. The molecular weight excluding hydrogens is 494 g/mol. The normalized spacial score (nSPS) is 12.9. The van der Waals surface area contributed by atoms with E-state index in [1.807, 2.05) is 49.6 Å². The second-order valence-electron chi connectivity index (χ2n) is 9.74. The maximum absolute atomic E-state index is 14.0. The third-order valence-electron chi connectivity index (χ3n) is 7.00. The standard InChI is InChI=1S/C31H31N3O3S/c1-21-12-16-23(17-13-21)31(37,24-18-14-22(2)15-19-24)29(35)33-34(25-8-4-3-5-9-25)30(36)32-27-20-38-28-11-7-6-10-26(27)28/h3-5,8-9,12-20,37H,6-7,10-11H2,1-2H3,(H,32,36)(H,33,35). The molecule has 3 amide bonds. The molecule has 4 aromatic rings. The molecule has 0 aliphatic heterocycles. The molecule has 1 heterocycles. The summed E-state index contributed by atoms with van der Waals surface area (Å²) in [6.07, 6.45) is 4.19. The number of anilines is 2. The van der Waals surface area contributed by atoms with Gasteiger partial charge in [-0.2, -0.15) is 0 Å². The molecular formula is C31H31N3O3S. The summed E-state index contributed by atoms with van der Waals surface area (Å²) in [5.74, 6) is -0.739. The van der Waals surface area contributed by atoms with Crippen LogP contribution in [0, 0.1) is 13.8 Å². The van der Waals surface area contributed by atoms with Gasteiger partial charge < -0.3 is 10.4 Å². The van der Waals surface area contributed by atoms with Gasteiger partial charge in [0.2, 0.25) is 0 Å². The number of thiophene rings is 1. The van der Waals surface area contributed by atoms with Crippen LogP contribution < -0.4 is 15.8 Å². The molecule has 0 radical (unpaired) electrons. The molecule has 0 fully saturated rings. The molecule has 5 rings (SSSR count). The number of fused-ring (bicyclic) bond motifs is 1. The number of rotatable bonds is 5. The molecule has 1 aromatic heterocycles. The lowest BCUT2D eigenvalue weighted by Crippen LogP contribution is -2.55. The fourth-order valence-electron chi connectivity index (χ4n) is 4.78. The number of carbonyl (C=O) groups is 2. The van der Waals surface area contributed by atoms with E-state index >= 15 is 0 Å². The minimum atomic E-state index is -2.03. The van der Waals surface area contributed by atoms with Crippen LogP contribution >= 0.6 is 11.3 Å². The van der Waals surface area contributed by atoms with E-state index in [1.165, 1.54) is 15.4 Å². The molecule has 0 saturated carbocycles. The van der Waals surface area contributed by atoms with Crippen molar-refractivity contribution in [2.45, 2.75) is 45.1 Å². The maximum atomic E-state index is 14.0. The number of hydrogen-bond donors (Lipinski definition) is 3. The van der Waals surface area contributed by atoms with Crippen molar-refractivity contribution in [1.29, 1.82) is 0 Å². The van der Waals surface area contributed by atoms with Crippen LogP contribution in [0.15, 0.2) is 84.2 Å². The molecule has 0 spiro atoms. The number of carbonyl (C=O) groups excluding carboxylic acids is 2. The fourth-order valence-corrected chi connectivity index (χ4v) is 5.86.